The lowest BCUT2D eigenvalue weighted by atomic mass is 9.65. The van der Waals surface area contributed by atoms with Gasteiger partial charge in [-0.1, -0.05) is 52.4 Å². The molecule has 8 nitrogen and oxygen atoms in total. The second kappa shape index (κ2) is 14.9. The van der Waals surface area contributed by atoms with Gasteiger partial charge in [0.1, 0.15) is 6.17 Å². The normalized spacial score (nSPS) is 36.9. The fourth-order valence-corrected chi connectivity index (χ4v) is 9.29. The number of Topliss-reactive ketones (excluding diaryl/α,β-unsaturated/α-hetero) is 1. The van der Waals surface area contributed by atoms with Crippen LogP contribution in [0.4, 0.5) is 4.39 Å². The van der Waals surface area contributed by atoms with Gasteiger partial charge in [-0.3, -0.25) is 9.59 Å². The third-order valence-corrected chi connectivity index (χ3v) is 11.7. The van der Waals surface area contributed by atoms with Crippen LogP contribution in [0.5, 0.6) is 0 Å². The molecular weight excluding hydrogens is 559 g/mol. The summed E-state index contributed by atoms with van der Waals surface area (Å²) in [6.07, 6.45) is 13.4. The molecule has 2 saturated heterocycles. The zero-order valence-electron chi connectivity index (χ0n) is 27.3. The molecule has 1 N–H and O–H groups in total. The molecule has 6 rings (SSSR count). The molecule has 9 atom stereocenters. The van der Waals surface area contributed by atoms with Crippen LogP contribution in [0, 0.1) is 17.8 Å². The number of hydrogen-bond acceptors (Lipinski definition) is 7. The summed E-state index contributed by atoms with van der Waals surface area (Å²) in [5, 5.41) is 3.61. The van der Waals surface area contributed by atoms with Crippen molar-refractivity contribution in [1.82, 2.24) is 20.0 Å². The maximum atomic E-state index is 16.2. The molecule has 3 heterocycles. The Balaban J connectivity index is 1.21. The van der Waals surface area contributed by atoms with E-state index < -0.39 is 24.2 Å². The van der Waals surface area contributed by atoms with Crippen LogP contribution >= 0.6 is 0 Å². The van der Waals surface area contributed by atoms with Crippen molar-refractivity contribution in [3.05, 3.63) is 11.8 Å². The highest BCUT2D eigenvalue weighted by Crippen LogP contribution is 2.50. The van der Waals surface area contributed by atoms with E-state index >= 15 is 4.39 Å². The molecule has 1 amide bonds. The van der Waals surface area contributed by atoms with Crippen LogP contribution in [-0.2, 0) is 19.1 Å². The van der Waals surface area contributed by atoms with Crippen molar-refractivity contribution in [2.45, 2.75) is 127 Å². The summed E-state index contributed by atoms with van der Waals surface area (Å²) in [5.41, 5.74) is 0.246. The first-order chi connectivity index (χ1) is 21.5. The Morgan fingerprint density at radius 2 is 1.68 bits per heavy atom. The Bertz CT molecular complexity index is 1010. The van der Waals surface area contributed by atoms with Gasteiger partial charge in [0.05, 0.1) is 49.1 Å². The van der Waals surface area contributed by atoms with Crippen molar-refractivity contribution >= 4 is 11.7 Å². The van der Waals surface area contributed by atoms with Gasteiger partial charge in [0.25, 0.3) is 5.91 Å². The van der Waals surface area contributed by atoms with Crippen LogP contribution < -0.4 is 5.32 Å². The van der Waals surface area contributed by atoms with Crippen LogP contribution in [0.2, 0.25) is 0 Å². The fraction of sp³-hybridized carbons (Fsp3) is 0.886. The third kappa shape index (κ3) is 6.77. The highest BCUT2D eigenvalue weighted by atomic mass is 19.1. The molecule has 0 aromatic carbocycles. The first-order valence-electron chi connectivity index (χ1n) is 18.2. The van der Waals surface area contributed by atoms with Gasteiger partial charge in [-0.25, -0.2) is 4.39 Å². The molecule has 9 unspecified atom stereocenters. The van der Waals surface area contributed by atoms with E-state index in [0.29, 0.717) is 38.1 Å². The molecule has 44 heavy (non-hydrogen) atoms. The number of ether oxygens (including phenoxy) is 2. The largest absolute Gasteiger partial charge is 0.378 e. The number of nitrogens with zero attached hydrogens (tertiary/aromatic N) is 3. The molecular formula is C35H57FN4O4. The molecule has 0 spiro atoms. The summed E-state index contributed by atoms with van der Waals surface area (Å²) in [6, 6.07) is -0.525. The fourth-order valence-electron chi connectivity index (χ4n) is 9.29. The van der Waals surface area contributed by atoms with E-state index in [9.17, 15) is 9.59 Å². The van der Waals surface area contributed by atoms with E-state index in [0.717, 1.165) is 45.4 Å². The zero-order chi connectivity index (χ0) is 30.6. The number of unbranched alkanes of at least 4 members (excludes halogenated alkanes) is 2. The molecule has 6 aliphatic rings. The van der Waals surface area contributed by atoms with Gasteiger partial charge in [-0.05, 0) is 76.5 Å². The van der Waals surface area contributed by atoms with Gasteiger partial charge in [0.2, 0.25) is 0 Å². The average Bonchev–Trinajstić information content (AvgIpc) is 3.05. The first kappa shape index (κ1) is 32.4. The summed E-state index contributed by atoms with van der Waals surface area (Å²) in [5.74, 6) is 0.374. The van der Waals surface area contributed by atoms with Crippen molar-refractivity contribution in [1.29, 1.82) is 0 Å². The molecule has 0 aromatic rings. The van der Waals surface area contributed by atoms with Gasteiger partial charge in [0.15, 0.2) is 5.78 Å². The number of amides is 1. The Morgan fingerprint density at radius 3 is 2.39 bits per heavy atom. The topological polar surface area (TPSA) is 74.4 Å². The molecule has 3 saturated carbocycles. The minimum absolute atomic E-state index is 0.00798. The van der Waals surface area contributed by atoms with E-state index in [1.54, 1.807) is 4.90 Å². The number of hydrogen-bond donors (Lipinski definition) is 1. The van der Waals surface area contributed by atoms with Crippen LogP contribution in [-0.4, -0.2) is 115 Å². The van der Waals surface area contributed by atoms with Crippen molar-refractivity contribution in [2.75, 3.05) is 52.5 Å². The monoisotopic (exact) mass is 616 g/mol. The van der Waals surface area contributed by atoms with Crippen molar-refractivity contribution in [3.63, 3.8) is 0 Å². The Labute approximate surface area is 264 Å². The summed E-state index contributed by atoms with van der Waals surface area (Å²) in [7, 11) is 0. The van der Waals surface area contributed by atoms with E-state index in [2.05, 4.69) is 29.0 Å². The lowest BCUT2D eigenvalue weighted by molar-refractivity contribution is -0.208. The maximum Gasteiger partial charge on any atom is 0.259 e. The number of alkyl halides is 1. The van der Waals surface area contributed by atoms with Gasteiger partial charge < -0.3 is 29.5 Å². The van der Waals surface area contributed by atoms with Crippen LogP contribution in [0.15, 0.2) is 11.8 Å². The lowest BCUT2D eigenvalue weighted by Gasteiger charge is -2.61. The smallest absolute Gasteiger partial charge is 0.259 e. The van der Waals surface area contributed by atoms with E-state index in [-0.39, 0.29) is 41.9 Å². The van der Waals surface area contributed by atoms with Gasteiger partial charge >= 0.3 is 0 Å². The predicted molar refractivity (Wildman–Crippen MR) is 169 cm³/mol. The Hall–Kier alpha value is -1.55. The number of ketones is 1. The Kier molecular flexibility index (Phi) is 11.0. The Morgan fingerprint density at radius 1 is 1.00 bits per heavy atom. The highest BCUT2D eigenvalue weighted by molar-refractivity contribution is 6.20. The van der Waals surface area contributed by atoms with Crippen molar-refractivity contribution in [2.24, 2.45) is 17.8 Å². The molecule has 5 fully saturated rings. The number of rotatable bonds is 12. The van der Waals surface area contributed by atoms with Gasteiger partial charge in [0, 0.05) is 25.2 Å². The average molecular weight is 617 g/mol. The standard InChI is InChI=1S/C35H57FN4O4/c1-3-5-13-38(14-6-4-2)15-9-12-37-31-28(36)22-26-32-34(31)44-30-21-25-11-8-7-10-24(25)20-29(30)40(32)23-27(33(26)41)35(42)39-16-18-43-19-17-39/h23-26,28-32,34,37H,3-22H2,1-2H3. The summed E-state index contributed by atoms with van der Waals surface area (Å²) in [6.45, 7) is 10.4. The van der Waals surface area contributed by atoms with Crippen LogP contribution in [0.1, 0.15) is 90.9 Å². The quantitative estimate of drug-likeness (QED) is 0.259. The molecule has 3 aliphatic heterocycles. The number of fused-ring (bicyclic) bond motifs is 3. The second-order valence-corrected chi connectivity index (χ2v) is 14.5. The molecule has 0 bridgehead atoms. The molecule has 0 radical (unpaired) electrons. The third-order valence-electron chi connectivity index (χ3n) is 11.7. The number of nitrogens with one attached hydrogen (secondary N) is 1. The zero-order valence-corrected chi connectivity index (χ0v) is 27.3. The first-order valence-corrected chi connectivity index (χ1v) is 18.2. The molecule has 9 heteroatoms. The van der Waals surface area contributed by atoms with E-state index in [1.807, 2.05) is 6.20 Å². The molecule has 0 aromatic heterocycles. The van der Waals surface area contributed by atoms with Gasteiger partial charge in [-0.15, -0.1) is 0 Å². The second-order valence-electron chi connectivity index (χ2n) is 14.5. The minimum atomic E-state index is -1.19. The van der Waals surface area contributed by atoms with Crippen LogP contribution in [0.3, 0.4) is 0 Å². The number of halogens is 1. The van der Waals surface area contributed by atoms with E-state index in [1.165, 1.54) is 51.4 Å². The predicted octanol–water partition coefficient (Wildman–Crippen LogP) is 4.33. The minimum Gasteiger partial charge on any atom is -0.378 e. The maximum absolute atomic E-state index is 16.2. The van der Waals surface area contributed by atoms with Crippen LogP contribution in [0.25, 0.3) is 0 Å². The number of carbonyl (C=O) groups is 2. The SMILES string of the molecule is CCCCN(CCCC)CCCNC1C(F)CC2C(=O)C(C(=O)N3CCOCC3)=CN3C4CC5CCCCC5CC4OC1C23. The van der Waals surface area contributed by atoms with Gasteiger partial charge in [-0.2, -0.15) is 0 Å². The highest BCUT2D eigenvalue weighted by Gasteiger charge is 2.59. The summed E-state index contributed by atoms with van der Waals surface area (Å²) in [4.78, 5) is 34.4. The van der Waals surface area contributed by atoms with Crippen molar-refractivity contribution < 1.29 is 23.5 Å². The molecule has 248 valence electrons. The summed E-state index contributed by atoms with van der Waals surface area (Å²) < 4.78 is 28.6. The number of carbonyl (C=O) groups excluding carboxylic acids is 2. The lowest BCUT2D eigenvalue weighted by Crippen LogP contribution is -2.73. The number of morpholine rings is 2. The summed E-state index contributed by atoms with van der Waals surface area (Å²) >= 11 is 0. The van der Waals surface area contributed by atoms with Crippen molar-refractivity contribution in [3.8, 4) is 0 Å². The van der Waals surface area contributed by atoms with E-state index in [4.69, 9.17) is 9.47 Å². The molecule has 3 aliphatic carbocycles.